The molecule has 0 atom stereocenters. The van der Waals surface area contributed by atoms with Gasteiger partial charge in [0.05, 0.1) is 0 Å². The van der Waals surface area contributed by atoms with Gasteiger partial charge in [0.2, 0.25) is 0 Å². The summed E-state index contributed by atoms with van der Waals surface area (Å²) in [6, 6.07) is 1.62. The summed E-state index contributed by atoms with van der Waals surface area (Å²) in [5, 5.41) is 0. The van der Waals surface area contributed by atoms with Crippen LogP contribution in [-0.2, 0) is 0 Å². The monoisotopic (exact) mass is 130 g/mol. The molecule has 8 heavy (non-hydrogen) atoms. The van der Waals surface area contributed by atoms with E-state index in [2.05, 4.69) is 6.55 Å². The molecule has 0 aromatic heterocycles. The van der Waals surface area contributed by atoms with Crippen molar-refractivity contribution in [2.75, 3.05) is 0 Å². The number of hydrogen-bond donors (Lipinski definition) is 0. The van der Waals surface area contributed by atoms with Crippen molar-refractivity contribution < 1.29 is 0 Å². The predicted molar refractivity (Wildman–Crippen MR) is 43.3 cm³/mol. The first-order valence-electron chi connectivity index (χ1n) is 3.93. The van der Waals surface area contributed by atoms with Gasteiger partial charge in [-0.2, -0.15) is 0 Å². The van der Waals surface area contributed by atoms with Crippen molar-refractivity contribution in [3.8, 4) is 0 Å². The Morgan fingerprint density at radius 3 is 2.00 bits per heavy atom. The second kappa shape index (κ2) is 5.36. The molecular weight excluding hydrogens is 112 g/mol. The molecule has 0 aliphatic heterocycles. The first kappa shape index (κ1) is 8.22. The summed E-state index contributed by atoms with van der Waals surface area (Å²) in [4.78, 5) is 0. The summed E-state index contributed by atoms with van der Waals surface area (Å²) in [6.07, 6.45) is 3.11. The lowest BCUT2D eigenvalue weighted by Gasteiger charge is -1.81. The van der Waals surface area contributed by atoms with Crippen molar-refractivity contribution >= 4 is 9.52 Å². The second-order valence-corrected chi connectivity index (χ2v) is 3.81. The number of hydrogen-bond acceptors (Lipinski definition) is 0. The zero-order valence-corrected chi connectivity index (χ0v) is 7.82. The highest BCUT2D eigenvalue weighted by atomic mass is 28.2. The van der Waals surface area contributed by atoms with E-state index in [4.69, 9.17) is 0 Å². The molecule has 0 unspecified atom stereocenters. The van der Waals surface area contributed by atoms with Crippen LogP contribution in [0.3, 0.4) is 0 Å². The largest absolute Gasteiger partial charge is 0.0748 e. The van der Waals surface area contributed by atoms with Crippen molar-refractivity contribution in [3.05, 3.63) is 0 Å². The van der Waals surface area contributed by atoms with Crippen LogP contribution in [0.4, 0.5) is 0 Å². The van der Waals surface area contributed by atoms with E-state index in [9.17, 15) is 0 Å². The van der Waals surface area contributed by atoms with E-state index in [0.29, 0.717) is 9.52 Å². The van der Waals surface area contributed by atoms with Crippen LogP contribution in [0.5, 0.6) is 0 Å². The van der Waals surface area contributed by atoms with Crippen molar-refractivity contribution in [2.24, 2.45) is 5.92 Å². The van der Waals surface area contributed by atoms with E-state index < -0.39 is 0 Å². The Morgan fingerprint density at radius 1 is 1.38 bits per heavy atom. The molecule has 50 valence electrons. The van der Waals surface area contributed by atoms with E-state index in [1.165, 1.54) is 5.92 Å². The van der Waals surface area contributed by atoms with Crippen molar-refractivity contribution in [1.29, 1.82) is 0 Å². The molecule has 1 fully saturated rings. The molecule has 1 heteroatoms. The van der Waals surface area contributed by atoms with Crippen LogP contribution in [0.1, 0.15) is 26.7 Å². The first-order valence-corrected chi connectivity index (χ1v) is 6.35. The topological polar surface area (TPSA) is 0 Å². The van der Waals surface area contributed by atoms with E-state index >= 15 is 0 Å². The van der Waals surface area contributed by atoms with Crippen LogP contribution >= 0.6 is 0 Å². The molecule has 0 saturated heterocycles. The summed E-state index contributed by atoms with van der Waals surface area (Å²) >= 11 is 0. The maximum atomic E-state index is 2.40. The summed E-state index contributed by atoms with van der Waals surface area (Å²) in [5.41, 5.74) is 0. The Labute approximate surface area is 55.5 Å². The summed E-state index contributed by atoms with van der Waals surface area (Å²) < 4.78 is 0. The van der Waals surface area contributed by atoms with Gasteiger partial charge in [-0.25, -0.2) is 0 Å². The van der Waals surface area contributed by atoms with Crippen molar-refractivity contribution in [3.63, 3.8) is 0 Å². The van der Waals surface area contributed by atoms with Crippen LogP contribution in [0, 0.1) is 5.92 Å². The minimum absolute atomic E-state index is 0.429. The molecule has 0 amide bonds. The molecule has 1 aliphatic carbocycles. The molecular formula is C7H18Si. The van der Waals surface area contributed by atoms with Gasteiger partial charge >= 0.3 is 0 Å². The van der Waals surface area contributed by atoms with Gasteiger partial charge in [-0.15, -0.1) is 0 Å². The molecule has 0 heterocycles. The lowest BCUT2D eigenvalue weighted by atomic mass is 10.5. The molecule has 0 aromatic carbocycles. The SMILES string of the molecule is CC.C[SiH2]CC1CC1. The molecule has 0 aromatic rings. The minimum Gasteiger partial charge on any atom is -0.0748 e. The standard InChI is InChI=1S/C5H12Si.C2H6/c1-6-4-5-2-3-5;1-2/h5H,2-4,6H2,1H3;1-2H3. The maximum Gasteiger partial charge on any atom is 0.0169 e. The summed E-state index contributed by atoms with van der Waals surface area (Å²) in [7, 11) is 0.429. The summed E-state index contributed by atoms with van der Waals surface area (Å²) in [6.45, 7) is 6.40. The lowest BCUT2D eigenvalue weighted by molar-refractivity contribution is 0.971. The zero-order valence-electron chi connectivity index (χ0n) is 6.41. The van der Waals surface area contributed by atoms with Crippen LogP contribution < -0.4 is 0 Å². The molecule has 0 bridgehead atoms. The third-order valence-corrected chi connectivity index (χ3v) is 2.79. The van der Waals surface area contributed by atoms with Gasteiger partial charge in [0, 0.05) is 9.52 Å². The Hall–Kier alpha value is 0.217. The predicted octanol–water partition coefficient (Wildman–Crippen LogP) is 2.06. The van der Waals surface area contributed by atoms with E-state index in [-0.39, 0.29) is 0 Å². The smallest absolute Gasteiger partial charge is 0.0169 e. The van der Waals surface area contributed by atoms with Crippen LogP contribution in [0.2, 0.25) is 12.6 Å². The van der Waals surface area contributed by atoms with Gasteiger partial charge in [0.15, 0.2) is 0 Å². The maximum absolute atomic E-state index is 2.40. The molecule has 1 aliphatic rings. The Kier molecular flexibility index (Phi) is 5.50. The average molecular weight is 130 g/mol. The van der Waals surface area contributed by atoms with E-state index in [1.54, 1.807) is 18.9 Å². The van der Waals surface area contributed by atoms with Gasteiger partial charge < -0.3 is 0 Å². The normalized spacial score (nSPS) is 18.4. The van der Waals surface area contributed by atoms with Gasteiger partial charge in [-0.3, -0.25) is 0 Å². The third kappa shape index (κ3) is 4.38. The van der Waals surface area contributed by atoms with E-state index in [0.717, 1.165) is 0 Å². The van der Waals surface area contributed by atoms with Gasteiger partial charge in [-0.05, 0) is 5.92 Å². The molecule has 1 rings (SSSR count). The zero-order chi connectivity index (χ0) is 6.41. The Balaban J connectivity index is 0.000000222. The van der Waals surface area contributed by atoms with E-state index in [1.807, 2.05) is 13.8 Å². The Morgan fingerprint density at radius 2 is 1.88 bits per heavy atom. The van der Waals surface area contributed by atoms with Crippen molar-refractivity contribution in [2.45, 2.75) is 39.3 Å². The fourth-order valence-electron chi connectivity index (χ4n) is 0.815. The van der Waals surface area contributed by atoms with Crippen LogP contribution in [0.15, 0.2) is 0 Å². The molecule has 0 spiro atoms. The van der Waals surface area contributed by atoms with Crippen molar-refractivity contribution in [1.82, 2.24) is 0 Å². The highest BCUT2D eigenvalue weighted by molar-refractivity contribution is 6.33. The highest BCUT2D eigenvalue weighted by Crippen LogP contribution is 2.32. The number of rotatable bonds is 2. The lowest BCUT2D eigenvalue weighted by Crippen LogP contribution is -1.79. The van der Waals surface area contributed by atoms with Gasteiger partial charge in [0.1, 0.15) is 0 Å². The summed E-state index contributed by atoms with van der Waals surface area (Å²) in [5.74, 6) is 1.21. The molecule has 0 N–H and O–H groups in total. The third-order valence-electron chi connectivity index (χ3n) is 1.39. The molecule has 0 radical (unpaired) electrons. The average Bonchev–Trinajstić information content (AvgIpc) is 2.57. The Bertz CT molecular complexity index is 39.7. The quantitative estimate of drug-likeness (QED) is 0.502. The molecule has 1 saturated carbocycles. The first-order chi connectivity index (χ1) is 3.93. The second-order valence-electron chi connectivity index (χ2n) is 2.23. The van der Waals surface area contributed by atoms with Crippen LogP contribution in [-0.4, -0.2) is 9.52 Å². The highest BCUT2D eigenvalue weighted by Gasteiger charge is 2.18. The fraction of sp³-hybridized carbons (Fsp3) is 1.00. The fourth-order valence-corrected chi connectivity index (χ4v) is 2.21. The van der Waals surface area contributed by atoms with Crippen LogP contribution in [0.25, 0.3) is 0 Å². The minimum atomic E-state index is 0.429. The molecule has 0 nitrogen and oxygen atoms in total. The van der Waals surface area contributed by atoms with Gasteiger partial charge in [0.25, 0.3) is 0 Å². The van der Waals surface area contributed by atoms with Gasteiger partial charge in [-0.1, -0.05) is 39.3 Å².